The van der Waals surface area contributed by atoms with Crippen molar-refractivity contribution in [3.63, 3.8) is 0 Å². The molecule has 5 nitrogen and oxygen atoms in total. The molecule has 0 spiro atoms. The minimum atomic E-state index is -3.60. The van der Waals surface area contributed by atoms with Gasteiger partial charge in [-0.1, -0.05) is 12.1 Å². The van der Waals surface area contributed by atoms with Crippen LogP contribution in [0.25, 0.3) is 0 Å². The van der Waals surface area contributed by atoms with Crippen LogP contribution in [-0.2, 0) is 10.0 Å². The smallest absolute Gasteiger partial charge is 0.241 e. The van der Waals surface area contributed by atoms with E-state index >= 15 is 0 Å². The average Bonchev–Trinajstić information content (AvgIpc) is 2.49. The maximum atomic E-state index is 12.2. The number of nitriles is 1. The second-order valence-corrected chi connectivity index (χ2v) is 7.28. The zero-order valence-corrected chi connectivity index (χ0v) is 13.1. The fraction of sp³-hybridized carbons (Fsp3) is 0.533. The van der Waals surface area contributed by atoms with Gasteiger partial charge in [-0.3, -0.25) is 0 Å². The SMILES string of the molecule is CN1CCC(CCNS(=O)(=O)c2ccccc2C#N)CC1. The Morgan fingerprint density at radius 1 is 1.33 bits per heavy atom. The molecule has 21 heavy (non-hydrogen) atoms. The van der Waals surface area contributed by atoms with E-state index in [1.807, 2.05) is 6.07 Å². The minimum absolute atomic E-state index is 0.0656. The lowest BCUT2D eigenvalue weighted by atomic mass is 9.94. The van der Waals surface area contributed by atoms with Gasteiger partial charge in [-0.25, -0.2) is 13.1 Å². The Morgan fingerprint density at radius 3 is 2.67 bits per heavy atom. The van der Waals surface area contributed by atoms with Gasteiger partial charge in [0.25, 0.3) is 0 Å². The largest absolute Gasteiger partial charge is 0.306 e. The van der Waals surface area contributed by atoms with Crippen molar-refractivity contribution in [3.8, 4) is 6.07 Å². The summed E-state index contributed by atoms with van der Waals surface area (Å²) < 4.78 is 27.1. The van der Waals surface area contributed by atoms with E-state index in [0.29, 0.717) is 12.5 Å². The van der Waals surface area contributed by atoms with Gasteiger partial charge in [0.05, 0.1) is 10.5 Å². The topological polar surface area (TPSA) is 73.2 Å². The van der Waals surface area contributed by atoms with Crippen LogP contribution in [0.3, 0.4) is 0 Å². The van der Waals surface area contributed by atoms with Crippen LogP contribution in [0.2, 0.25) is 0 Å². The molecule has 1 aliphatic rings. The lowest BCUT2D eigenvalue weighted by molar-refractivity contribution is 0.213. The predicted octanol–water partition coefficient (Wildman–Crippen LogP) is 1.57. The molecule has 1 aliphatic heterocycles. The average molecular weight is 307 g/mol. The maximum absolute atomic E-state index is 12.2. The number of nitrogens with zero attached hydrogens (tertiary/aromatic N) is 2. The van der Waals surface area contributed by atoms with Crippen LogP contribution < -0.4 is 4.72 Å². The first-order valence-corrected chi connectivity index (χ1v) is 8.68. The van der Waals surface area contributed by atoms with Crippen molar-refractivity contribution < 1.29 is 8.42 Å². The van der Waals surface area contributed by atoms with Crippen LogP contribution in [0.15, 0.2) is 29.2 Å². The van der Waals surface area contributed by atoms with Crippen LogP contribution in [0, 0.1) is 17.2 Å². The van der Waals surface area contributed by atoms with Gasteiger partial charge in [-0.2, -0.15) is 5.26 Å². The molecule has 0 bridgehead atoms. The van der Waals surface area contributed by atoms with Crippen molar-refractivity contribution in [1.29, 1.82) is 5.26 Å². The van der Waals surface area contributed by atoms with E-state index in [4.69, 9.17) is 5.26 Å². The first-order valence-electron chi connectivity index (χ1n) is 7.20. The summed E-state index contributed by atoms with van der Waals surface area (Å²) in [5.41, 5.74) is 0.185. The zero-order valence-electron chi connectivity index (χ0n) is 12.2. The lowest BCUT2D eigenvalue weighted by Crippen LogP contribution is -2.32. The zero-order chi connectivity index (χ0) is 15.3. The molecule has 0 saturated carbocycles. The molecule has 114 valence electrons. The van der Waals surface area contributed by atoms with E-state index in [0.717, 1.165) is 32.4 Å². The second kappa shape index (κ2) is 7.03. The summed E-state index contributed by atoms with van der Waals surface area (Å²) in [7, 11) is -1.49. The molecule has 0 amide bonds. The summed E-state index contributed by atoms with van der Waals surface area (Å²) in [6.45, 7) is 2.58. The summed E-state index contributed by atoms with van der Waals surface area (Å²) in [6.07, 6.45) is 3.09. The summed E-state index contributed by atoms with van der Waals surface area (Å²) in [6, 6.07) is 8.20. The molecule has 2 rings (SSSR count). The van der Waals surface area contributed by atoms with E-state index in [-0.39, 0.29) is 10.5 Å². The molecule has 1 saturated heterocycles. The van der Waals surface area contributed by atoms with Gasteiger partial charge in [0, 0.05) is 6.54 Å². The van der Waals surface area contributed by atoms with Gasteiger partial charge in [0.2, 0.25) is 10.0 Å². The van der Waals surface area contributed by atoms with Crippen molar-refractivity contribution in [1.82, 2.24) is 9.62 Å². The predicted molar refractivity (Wildman–Crippen MR) is 81.2 cm³/mol. The number of benzene rings is 1. The standard InChI is InChI=1S/C15H21N3O2S/c1-18-10-7-13(8-11-18)6-9-17-21(19,20)15-5-3-2-4-14(15)12-16/h2-5,13,17H,6-11H2,1H3. The summed E-state index contributed by atoms with van der Waals surface area (Å²) >= 11 is 0. The Morgan fingerprint density at radius 2 is 2.00 bits per heavy atom. The summed E-state index contributed by atoms with van der Waals surface area (Å²) in [5, 5.41) is 8.99. The monoisotopic (exact) mass is 307 g/mol. The maximum Gasteiger partial charge on any atom is 0.241 e. The van der Waals surface area contributed by atoms with Gasteiger partial charge in [0.1, 0.15) is 6.07 Å². The van der Waals surface area contributed by atoms with Crippen LogP contribution in [-0.4, -0.2) is 40.0 Å². The second-order valence-electron chi connectivity index (χ2n) is 5.54. The first kappa shape index (κ1) is 16.0. The van der Waals surface area contributed by atoms with Gasteiger partial charge < -0.3 is 4.90 Å². The molecule has 1 heterocycles. The van der Waals surface area contributed by atoms with Crippen molar-refractivity contribution in [2.75, 3.05) is 26.7 Å². The van der Waals surface area contributed by atoms with Crippen LogP contribution >= 0.6 is 0 Å². The van der Waals surface area contributed by atoms with Crippen molar-refractivity contribution in [2.24, 2.45) is 5.92 Å². The fourth-order valence-electron chi connectivity index (χ4n) is 2.62. The third-order valence-corrected chi connectivity index (χ3v) is 5.50. The molecular weight excluding hydrogens is 286 g/mol. The molecule has 1 N–H and O–H groups in total. The minimum Gasteiger partial charge on any atom is -0.306 e. The summed E-state index contributed by atoms with van der Waals surface area (Å²) in [5.74, 6) is 0.579. The Labute approximate surface area is 126 Å². The van der Waals surface area contributed by atoms with Crippen LogP contribution in [0.5, 0.6) is 0 Å². The van der Waals surface area contributed by atoms with Crippen LogP contribution in [0.1, 0.15) is 24.8 Å². The number of sulfonamides is 1. The third-order valence-electron chi connectivity index (χ3n) is 3.98. The number of piperidine rings is 1. The number of hydrogen-bond donors (Lipinski definition) is 1. The van der Waals surface area contributed by atoms with Gasteiger partial charge >= 0.3 is 0 Å². The van der Waals surface area contributed by atoms with E-state index in [1.54, 1.807) is 12.1 Å². The fourth-order valence-corrected chi connectivity index (χ4v) is 3.82. The molecule has 1 fully saturated rings. The van der Waals surface area contributed by atoms with Gasteiger partial charge in [-0.15, -0.1) is 0 Å². The quantitative estimate of drug-likeness (QED) is 0.896. The van der Waals surface area contributed by atoms with E-state index in [2.05, 4.69) is 16.7 Å². The third kappa shape index (κ3) is 4.27. The number of nitrogens with one attached hydrogen (secondary N) is 1. The Bertz CT molecular complexity index is 614. The van der Waals surface area contributed by atoms with E-state index in [9.17, 15) is 8.42 Å². The molecule has 0 radical (unpaired) electrons. The van der Waals surface area contributed by atoms with Crippen molar-refractivity contribution in [2.45, 2.75) is 24.2 Å². The number of likely N-dealkylation sites (tertiary alicyclic amines) is 1. The Balaban J connectivity index is 1.91. The molecule has 1 aromatic rings. The Hall–Kier alpha value is -1.42. The lowest BCUT2D eigenvalue weighted by Gasteiger charge is -2.28. The Kier molecular flexibility index (Phi) is 5.34. The number of rotatable bonds is 5. The highest BCUT2D eigenvalue weighted by molar-refractivity contribution is 7.89. The number of hydrogen-bond acceptors (Lipinski definition) is 4. The van der Waals surface area contributed by atoms with E-state index < -0.39 is 10.0 Å². The normalized spacial score (nSPS) is 17.5. The molecule has 0 aromatic heterocycles. The van der Waals surface area contributed by atoms with E-state index in [1.165, 1.54) is 12.1 Å². The van der Waals surface area contributed by atoms with Crippen LogP contribution in [0.4, 0.5) is 0 Å². The molecular formula is C15H21N3O2S. The van der Waals surface area contributed by atoms with Crippen molar-refractivity contribution >= 4 is 10.0 Å². The highest BCUT2D eigenvalue weighted by Gasteiger charge is 2.20. The molecule has 6 heteroatoms. The van der Waals surface area contributed by atoms with Gasteiger partial charge in [0.15, 0.2) is 0 Å². The molecule has 1 aromatic carbocycles. The molecule has 0 aliphatic carbocycles. The highest BCUT2D eigenvalue weighted by Crippen LogP contribution is 2.19. The molecule has 0 unspecified atom stereocenters. The highest BCUT2D eigenvalue weighted by atomic mass is 32.2. The summed E-state index contributed by atoms with van der Waals surface area (Å²) in [4.78, 5) is 2.36. The van der Waals surface area contributed by atoms with Gasteiger partial charge in [-0.05, 0) is 57.5 Å². The first-order chi connectivity index (χ1) is 10.0. The molecule has 0 atom stereocenters. The van der Waals surface area contributed by atoms with Crippen molar-refractivity contribution in [3.05, 3.63) is 29.8 Å².